The second-order valence-corrected chi connectivity index (χ2v) is 10.4. The van der Waals surface area contributed by atoms with E-state index in [4.69, 9.17) is 18.9 Å². The van der Waals surface area contributed by atoms with Crippen LogP contribution < -0.4 is 0 Å². The molecule has 2 saturated heterocycles. The lowest BCUT2D eigenvalue weighted by atomic mass is 9.71. The van der Waals surface area contributed by atoms with Crippen LogP contribution in [0.15, 0.2) is 48.5 Å². The maximum absolute atomic E-state index is 6.29. The van der Waals surface area contributed by atoms with Gasteiger partial charge in [0, 0.05) is 24.5 Å². The van der Waals surface area contributed by atoms with E-state index < -0.39 is 0 Å². The monoisotopic (exact) mass is 450 g/mol. The predicted molar refractivity (Wildman–Crippen MR) is 130 cm³/mol. The summed E-state index contributed by atoms with van der Waals surface area (Å²) < 4.78 is 24.1. The highest BCUT2D eigenvalue weighted by atomic mass is 16.5. The first kappa shape index (κ1) is 23.0. The van der Waals surface area contributed by atoms with Crippen LogP contribution in [-0.4, -0.2) is 51.8 Å². The van der Waals surface area contributed by atoms with E-state index in [2.05, 4.69) is 55.5 Å². The lowest BCUT2D eigenvalue weighted by molar-refractivity contribution is -0.0617. The molecule has 2 atom stereocenters. The fourth-order valence-corrected chi connectivity index (χ4v) is 5.74. The van der Waals surface area contributed by atoms with E-state index in [1.165, 1.54) is 22.3 Å². The highest BCUT2D eigenvalue weighted by Crippen LogP contribution is 2.43. The Labute approximate surface area is 198 Å². The first-order valence-corrected chi connectivity index (χ1v) is 12.7. The largest absolute Gasteiger partial charge is 0.378 e. The molecular formula is C29H38O4. The number of fused-ring (bicyclic) bond motifs is 2. The van der Waals surface area contributed by atoms with Gasteiger partial charge in [-0.2, -0.15) is 0 Å². The Hall–Kier alpha value is -1.72. The van der Waals surface area contributed by atoms with Crippen molar-refractivity contribution < 1.29 is 18.9 Å². The molecule has 0 aromatic heterocycles. The summed E-state index contributed by atoms with van der Waals surface area (Å²) in [5, 5.41) is 0. The Morgan fingerprint density at radius 1 is 0.788 bits per heavy atom. The van der Waals surface area contributed by atoms with Crippen molar-refractivity contribution in [2.75, 3.05) is 39.6 Å². The van der Waals surface area contributed by atoms with Gasteiger partial charge in [-0.25, -0.2) is 0 Å². The second kappa shape index (κ2) is 10.7. The van der Waals surface area contributed by atoms with Crippen molar-refractivity contribution >= 4 is 0 Å². The summed E-state index contributed by atoms with van der Waals surface area (Å²) in [6.45, 7) is 6.78. The Kier molecular flexibility index (Phi) is 7.46. The molecule has 178 valence electrons. The lowest BCUT2D eigenvalue weighted by Gasteiger charge is -2.37. The van der Waals surface area contributed by atoms with E-state index in [0.29, 0.717) is 32.3 Å². The van der Waals surface area contributed by atoms with Gasteiger partial charge in [0.25, 0.3) is 0 Å². The van der Waals surface area contributed by atoms with Gasteiger partial charge in [0.1, 0.15) is 0 Å². The topological polar surface area (TPSA) is 36.9 Å². The van der Waals surface area contributed by atoms with Gasteiger partial charge in [0.05, 0.1) is 38.6 Å². The zero-order valence-electron chi connectivity index (χ0n) is 20.0. The minimum atomic E-state index is -0.0978. The summed E-state index contributed by atoms with van der Waals surface area (Å²) >= 11 is 0. The predicted octanol–water partition coefficient (Wildman–Crippen LogP) is 5.51. The summed E-state index contributed by atoms with van der Waals surface area (Å²) in [5.74, 6) is 0.355. The average molecular weight is 451 g/mol. The minimum Gasteiger partial charge on any atom is -0.378 e. The van der Waals surface area contributed by atoms with Crippen molar-refractivity contribution in [3.8, 4) is 0 Å². The molecule has 33 heavy (non-hydrogen) atoms. The van der Waals surface area contributed by atoms with Crippen LogP contribution in [0.5, 0.6) is 0 Å². The molecule has 2 aromatic carbocycles. The first-order valence-electron chi connectivity index (χ1n) is 12.7. The number of rotatable bonds is 10. The molecule has 2 heterocycles. The molecule has 0 amide bonds. The van der Waals surface area contributed by atoms with Crippen LogP contribution in [0.25, 0.3) is 0 Å². The van der Waals surface area contributed by atoms with Gasteiger partial charge >= 0.3 is 0 Å². The summed E-state index contributed by atoms with van der Waals surface area (Å²) in [7, 11) is 0. The summed E-state index contributed by atoms with van der Waals surface area (Å²) in [4.78, 5) is 0. The van der Waals surface area contributed by atoms with Crippen LogP contribution in [0, 0.1) is 5.41 Å². The molecule has 2 aliphatic heterocycles. The van der Waals surface area contributed by atoms with E-state index in [0.717, 1.165) is 51.7 Å². The van der Waals surface area contributed by atoms with E-state index in [-0.39, 0.29) is 17.6 Å². The fourth-order valence-electron chi connectivity index (χ4n) is 5.74. The van der Waals surface area contributed by atoms with Crippen LogP contribution in [0.3, 0.4) is 0 Å². The lowest BCUT2D eigenvalue weighted by Crippen LogP contribution is -2.34. The van der Waals surface area contributed by atoms with E-state index in [1.807, 2.05) is 0 Å². The molecule has 0 N–H and O–H groups in total. The highest BCUT2D eigenvalue weighted by Gasteiger charge is 2.35. The third-order valence-electron chi connectivity index (χ3n) is 7.50. The molecule has 3 aliphatic rings. The number of hydrogen-bond acceptors (Lipinski definition) is 4. The van der Waals surface area contributed by atoms with Gasteiger partial charge in [-0.1, -0.05) is 55.5 Å². The zero-order chi connectivity index (χ0) is 22.5. The molecule has 0 saturated carbocycles. The van der Waals surface area contributed by atoms with E-state index >= 15 is 0 Å². The van der Waals surface area contributed by atoms with Gasteiger partial charge in [0.2, 0.25) is 0 Å². The van der Waals surface area contributed by atoms with Crippen LogP contribution in [0.1, 0.15) is 67.2 Å². The van der Waals surface area contributed by atoms with Gasteiger partial charge in [0.15, 0.2) is 0 Å². The second-order valence-electron chi connectivity index (χ2n) is 10.4. The van der Waals surface area contributed by atoms with Crippen molar-refractivity contribution in [2.45, 2.75) is 63.6 Å². The summed E-state index contributed by atoms with van der Waals surface area (Å²) in [5.41, 5.74) is 5.72. The molecule has 1 aliphatic carbocycles. The fraction of sp³-hybridized carbons (Fsp3) is 0.586. The molecule has 4 heteroatoms. The standard InChI is InChI=1S/C29H38O4/c1-29(20-30-18-24-10-6-14-32-24,21-31-19-25-11-7-15-33-25)17-28-26-12-4-2-8-22(26)16-23-9-3-5-13-27(23)28/h2-5,8-9,12-13,24-25,28H,6-7,10-11,14-21H2,1H3. The molecule has 2 fully saturated rings. The Morgan fingerprint density at radius 3 is 1.79 bits per heavy atom. The molecular weight excluding hydrogens is 412 g/mol. The van der Waals surface area contributed by atoms with Crippen LogP contribution in [0.4, 0.5) is 0 Å². The molecule has 2 unspecified atom stereocenters. The van der Waals surface area contributed by atoms with Crippen molar-refractivity contribution in [2.24, 2.45) is 5.41 Å². The first-order chi connectivity index (χ1) is 16.2. The molecule has 0 radical (unpaired) electrons. The van der Waals surface area contributed by atoms with Crippen LogP contribution in [0.2, 0.25) is 0 Å². The SMILES string of the molecule is CC(COCC1CCCO1)(COCC1CCCO1)CC1c2ccccc2Cc2ccccc21. The van der Waals surface area contributed by atoms with Crippen LogP contribution >= 0.6 is 0 Å². The number of benzene rings is 2. The summed E-state index contributed by atoms with van der Waals surface area (Å²) in [6.07, 6.45) is 7.02. The van der Waals surface area contributed by atoms with Crippen molar-refractivity contribution in [3.05, 3.63) is 70.8 Å². The van der Waals surface area contributed by atoms with Crippen molar-refractivity contribution in [1.82, 2.24) is 0 Å². The van der Waals surface area contributed by atoms with Crippen molar-refractivity contribution in [1.29, 1.82) is 0 Å². The van der Waals surface area contributed by atoms with Crippen LogP contribution in [-0.2, 0) is 25.4 Å². The van der Waals surface area contributed by atoms with E-state index in [9.17, 15) is 0 Å². The van der Waals surface area contributed by atoms with Gasteiger partial charge in [-0.3, -0.25) is 0 Å². The van der Waals surface area contributed by atoms with Crippen molar-refractivity contribution in [3.63, 3.8) is 0 Å². The zero-order valence-corrected chi connectivity index (χ0v) is 20.0. The molecule has 0 spiro atoms. The van der Waals surface area contributed by atoms with Gasteiger partial charge < -0.3 is 18.9 Å². The Bertz CT molecular complexity index is 830. The van der Waals surface area contributed by atoms with Gasteiger partial charge in [-0.05, 0) is 60.8 Å². The highest BCUT2D eigenvalue weighted by molar-refractivity contribution is 5.49. The number of hydrogen-bond donors (Lipinski definition) is 0. The van der Waals surface area contributed by atoms with E-state index in [1.54, 1.807) is 0 Å². The molecule has 0 bridgehead atoms. The Morgan fingerprint density at radius 2 is 1.30 bits per heavy atom. The smallest absolute Gasteiger partial charge is 0.0809 e. The quantitative estimate of drug-likeness (QED) is 0.478. The average Bonchev–Trinajstić information content (AvgIpc) is 3.54. The normalized spacial score (nSPS) is 24.4. The third kappa shape index (κ3) is 5.68. The molecule has 4 nitrogen and oxygen atoms in total. The molecule has 5 rings (SSSR count). The Balaban J connectivity index is 1.32. The maximum Gasteiger partial charge on any atom is 0.0809 e. The molecule has 2 aromatic rings. The number of ether oxygens (including phenoxy) is 4. The summed E-state index contributed by atoms with van der Waals surface area (Å²) in [6, 6.07) is 17.9. The minimum absolute atomic E-state index is 0.0978. The maximum atomic E-state index is 6.29. The van der Waals surface area contributed by atoms with Gasteiger partial charge in [-0.15, -0.1) is 0 Å². The third-order valence-corrected chi connectivity index (χ3v) is 7.50.